The lowest BCUT2D eigenvalue weighted by Gasteiger charge is -2.36. The summed E-state index contributed by atoms with van der Waals surface area (Å²) in [6.07, 6.45) is 5.70. The highest BCUT2D eigenvalue weighted by Gasteiger charge is 2.27. The second-order valence-electron chi connectivity index (χ2n) is 5.38. The number of piperidine rings is 1. The molecule has 1 atom stereocenters. The molecule has 1 heterocycles. The van der Waals surface area contributed by atoms with Crippen LogP contribution in [-0.4, -0.2) is 47.5 Å². The van der Waals surface area contributed by atoms with Crippen molar-refractivity contribution in [1.29, 1.82) is 0 Å². The van der Waals surface area contributed by atoms with E-state index in [4.69, 9.17) is 0 Å². The van der Waals surface area contributed by atoms with Crippen molar-refractivity contribution in [3.8, 4) is 0 Å². The van der Waals surface area contributed by atoms with Gasteiger partial charge in [-0.15, -0.1) is 11.8 Å². The first-order chi connectivity index (χ1) is 9.20. The Morgan fingerprint density at radius 2 is 2.00 bits per heavy atom. The Labute approximate surface area is 122 Å². The quantitative estimate of drug-likeness (QED) is 0.696. The molecule has 1 saturated heterocycles. The lowest BCUT2D eigenvalue weighted by atomic mass is 10.0. The van der Waals surface area contributed by atoms with Crippen LogP contribution in [0.25, 0.3) is 0 Å². The van der Waals surface area contributed by atoms with Gasteiger partial charge in [0.25, 0.3) is 0 Å². The number of hydrogen-bond acceptors (Lipinski definition) is 3. The highest BCUT2D eigenvalue weighted by molar-refractivity contribution is 8.00. The van der Waals surface area contributed by atoms with E-state index in [1.165, 1.54) is 12.8 Å². The molecule has 1 unspecified atom stereocenters. The molecule has 1 N–H and O–H groups in total. The van der Waals surface area contributed by atoms with Gasteiger partial charge < -0.3 is 10.2 Å². The molecule has 0 spiro atoms. The molecule has 0 aliphatic carbocycles. The van der Waals surface area contributed by atoms with Gasteiger partial charge in [-0.3, -0.25) is 4.79 Å². The molecule has 1 rings (SSSR count). The van der Waals surface area contributed by atoms with Gasteiger partial charge in [-0.2, -0.15) is 0 Å². The minimum absolute atomic E-state index is 0.119. The van der Waals surface area contributed by atoms with Crippen molar-refractivity contribution < 1.29 is 4.79 Å². The Kier molecular flexibility index (Phi) is 8.55. The Hall–Kier alpha value is -0.220. The highest BCUT2D eigenvalue weighted by atomic mass is 32.2. The van der Waals surface area contributed by atoms with Gasteiger partial charge >= 0.3 is 0 Å². The van der Waals surface area contributed by atoms with E-state index in [0.29, 0.717) is 11.9 Å². The monoisotopic (exact) mass is 286 g/mol. The summed E-state index contributed by atoms with van der Waals surface area (Å²) >= 11 is 1.82. The molecule has 4 heteroatoms. The minimum atomic E-state index is 0.119. The molecule has 1 aliphatic rings. The molecular formula is C15H30N2OS. The van der Waals surface area contributed by atoms with Gasteiger partial charge in [0.2, 0.25) is 5.91 Å². The first-order valence-electron chi connectivity index (χ1n) is 7.83. The number of rotatable bonds is 8. The van der Waals surface area contributed by atoms with E-state index in [0.717, 1.165) is 44.6 Å². The van der Waals surface area contributed by atoms with Crippen molar-refractivity contribution in [2.75, 3.05) is 25.4 Å². The molecule has 0 radical (unpaired) electrons. The Bertz CT molecular complexity index is 255. The fraction of sp³-hybridized carbons (Fsp3) is 0.933. The molecule has 0 aromatic rings. The number of nitrogens with one attached hydrogen (secondary N) is 1. The Morgan fingerprint density at radius 1 is 1.32 bits per heavy atom. The molecule has 1 fully saturated rings. The molecule has 1 aliphatic heterocycles. The normalized spacial score (nSPS) is 18.3. The summed E-state index contributed by atoms with van der Waals surface area (Å²) in [5.41, 5.74) is 0. The van der Waals surface area contributed by atoms with Crippen molar-refractivity contribution >= 4 is 17.7 Å². The topological polar surface area (TPSA) is 32.3 Å². The summed E-state index contributed by atoms with van der Waals surface area (Å²) in [7, 11) is 0. The van der Waals surface area contributed by atoms with Crippen molar-refractivity contribution in [2.24, 2.45) is 0 Å². The fourth-order valence-corrected chi connectivity index (χ4v) is 3.63. The molecule has 0 aromatic carbocycles. The fourth-order valence-electron chi connectivity index (χ4n) is 2.54. The number of hydrogen-bond donors (Lipinski definition) is 1. The third-order valence-electron chi connectivity index (χ3n) is 3.71. The van der Waals surface area contributed by atoms with Crippen LogP contribution >= 0.6 is 11.8 Å². The predicted octanol–water partition coefficient (Wildman–Crippen LogP) is 2.90. The van der Waals surface area contributed by atoms with E-state index in [9.17, 15) is 4.79 Å². The number of nitrogens with zero attached hydrogens (tertiary/aromatic N) is 1. The molecule has 19 heavy (non-hydrogen) atoms. The molecule has 0 bridgehead atoms. The third-order valence-corrected chi connectivity index (χ3v) is 4.94. The molecule has 1 amide bonds. The van der Waals surface area contributed by atoms with Crippen LogP contribution in [0.1, 0.15) is 52.9 Å². The third kappa shape index (κ3) is 5.74. The number of amides is 1. The van der Waals surface area contributed by atoms with Crippen LogP contribution in [-0.2, 0) is 4.79 Å². The summed E-state index contributed by atoms with van der Waals surface area (Å²) < 4.78 is 0. The van der Waals surface area contributed by atoms with Gasteiger partial charge in [0.1, 0.15) is 0 Å². The van der Waals surface area contributed by atoms with E-state index in [-0.39, 0.29) is 5.25 Å². The maximum absolute atomic E-state index is 12.6. The van der Waals surface area contributed by atoms with Crippen molar-refractivity contribution in [3.05, 3.63) is 0 Å². The molecule has 0 aromatic heterocycles. The maximum atomic E-state index is 12.6. The van der Waals surface area contributed by atoms with Gasteiger partial charge in [0, 0.05) is 12.6 Å². The highest BCUT2D eigenvalue weighted by Crippen LogP contribution is 2.20. The first kappa shape index (κ1) is 16.8. The average Bonchev–Trinajstić information content (AvgIpc) is 2.45. The zero-order valence-corrected chi connectivity index (χ0v) is 13.6. The number of unbranched alkanes of at least 4 members (excludes halogenated alkanes) is 1. The summed E-state index contributed by atoms with van der Waals surface area (Å²) in [6.45, 7) is 9.46. The van der Waals surface area contributed by atoms with Crippen LogP contribution in [0.2, 0.25) is 0 Å². The predicted molar refractivity (Wildman–Crippen MR) is 84.7 cm³/mol. The Balaban J connectivity index is 2.50. The Morgan fingerprint density at radius 3 is 2.58 bits per heavy atom. The van der Waals surface area contributed by atoms with E-state index in [1.54, 1.807) is 0 Å². The first-order valence-corrected chi connectivity index (χ1v) is 8.88. The van der Waals surface area contributed by atoms with E-state index >= 15 is 0 Å². The summed E-state index contributed by atoms with van der Waals surface area (Å²) in [6, 6.07) is 0.461. The lowest BCUT2D eigenvalue weighted by molar-refractivity contribution is -0.133. The van der Waals surface area contributed by atoms with Gasteiger partial charge in [0.15, 0.2) is 0 Å². The van der Waals surface area contributed by atoms with Crippen LogP contribution < -0.4 is 5.32 Å². The van der Waals surface area contributed by atoms with Crippen molar-refractivity contribution in [3.63, 3.8) is 0 Å². The second kappa shape index (κ2) is 9.65. The zero-order valence-electron chi connectivity index (χ0n) is 12.8. The maximum Gasteiger partial charge on any atom is 0.235 e. The number of carbonyl (C=O) groups excluding carboxylic acids is 1. The minimum Gasteiger partial charge on any atom is -0.339 e. The standard InChI is InChI=1S/C15H30N2OS/c1-4-6-12-19-13(3)15(18)17(11-5-2)14-7-9-16-10-8-14/h13-14,16H,4-12H2,1-3H3. The van der Waals surface area contributed by atoms with Crippen LogP contribution in [0.15, 0.2) is 0 Å². The van der Waals surface area contributed by atoms with E-state index in [1.807, 2.05) is 11.8 Å². The van der Waals surface area contributed by atoms with Crippen LogP contribution in [0.3, 0.4) is 0 Å². The van der Waals surface area contributed by atoms with Gasteiger partial charge in [0.05, 0.1) is 5.25 Å². The van der Waals surface area contributed by atoms with E-state index < -0.39 is 0 Å². The van der Waals surface area contributed by atoms with Crippen molar-refractivity contribution in [2.45, 2.75) is 64.2 Å². The van der Waals surface area contributed by atoms with Crippen LogP contribution in [0.4, 0.5) is 0 Å². The zero-order chi connectivity index (χ0) is 14.1. The molecular weight excluding hydrogens is 256 g/mol. The number of carbonyl (C=O) groups is 1. The number of thioether (sulfide) groups is 1. The SMILES string of the molecule is CCCCSC(C)C(=O)N(CCC)C1CCNCC1. The molecule has 3 nitrogen and oxygen atoms in total. The molecule has 112 valence electrons. The second-order valence-corrected chi connectivity index (χ2v) is 6.83. The van der Waals surface area contributed by atoms with Gasteiger partial charge in [-0.25, -0.2) is 0 Å². The summed E-state index contributed by atoms with van der Waals surface area (Å²) in [4.78, 5) is 14.8. The van der Waals surface area contributed by atoms with Crippen LogP contribution in [0.5, 0.6) is 0 Å². The van der Waals surface area contributed by atoms with Gasteiger partial charge in [-0.05, 0) is 51.4 Å². The summed E-state index contributed by atoms with van der Waals surface area (Å²) in [5, 5.41) is 3.50. The largest absolute Gasteiger partial charge is 0.339 e. The molecule has 0 saturated carbocycles. The smallest absolute Gasteiger partial charge is 0.235 e. The average molecular weight is 286 g/mol. The van der Waals surface area contributed by atoms with Crippen molar-refractivity contribution in [1.82, 2.24) is 10.2 Å². The summed E-state index contributed by atoms with van der Waals surface area (Å²) in [5.74, 6) is 1.46. The van der Waals surface area contributed by atoms with Gasteiger partial charge in [-0.1, -0.05) is 20.3 Å². The lowest BCUT2D eigenvalue weighted by Crippen LogP contribution is -2.48. The van der Waals surface area contributed by atoms with Crippen LogP contribution in [0, 0.1) is 0 Å². The van der Waals surface area contributed by atoms with E-state index in [2.05, 4.69) is 31.0 Å².